The van der Waals surface area contributed by atoms with Crippen LogP contribution in [-0.2, 0) is 24.4 Å². The van der Waals surface area contributed by atoms with Crippen molar-refractivity contribution in [3.05, 3.63) is 59.4 Å². The highest BCUT2D eigenvalue weighted by molar-refractivity contribution is 7.89. The van der Waals surface area contributed by atoms with E-state index in [0.29, 0.717) is 5.56 Å². The molecule has 9 nitrogen and oxygen atoms in total. The minimum atomic E-state index is -5.33. The van der Waals surface area contributed by atoms with Gasteiger partial charge in [0.1, 0.15) is 5.82 Å². The number of nitrogens with two attached hydrogens (primary N) is 1. The summed E-state index contributed by atoms with van der Waals surface area (Å²) in [5.41, 5.74) is 4.44. The molecule has 1 aliphatic heterocycles. The lowest BCUT2D eigenvalue weighted by molar-refractivity contribution is -0.174. The quantitative estimate of drug-likeness (QED) is 0.378. The van der Waals surface area contributed by atoms with Gasteiger partial charge in [0, 0.05) is 18.3 Å². The first-order valence-electron chi connectivity index (χ1n) is 13.7. The number of nitrogens with one attached hydrogen (secondary N) is 2. The van der Waals surface area contributed by atoms with Crippen molar-refractivity contribution in [2.45, 2.75) is 74.3 Å². The molecule has 2 aliphatic rings. The van der Waals surface area contributed by atoms with E-state index in [9.17, 15) is 53.5 Å². The lowest BCUT2D eigenvalue weighted by Crippen LogP contribution is -2.48. The van der Waals surface area contributed by atoms with Crippen LogP contribution >= 0.6 is 0 Å². The number of primary amides is 1. The number of carbonyl (C=O) groups is 3. The fourth-order valence-electron chi connectivity index (χ4n) is 6.01. The molecule has 1 heterocycles. The van der Waals surface area contributed by atoms with E-state index < -0.39 is 98.4 Å². The highest BCUT2D eigenvalue weighted by Gasteiger charge is 2.48. The Bertz CT molecular complexity index is 1570. The van der Waals surface area contributed by atoms with Crippen molar-refractivity contribution in [2.75, 3.05) is 11.4 Å². The molecule has 4 rings (SSSR count). The van der Waals surface area contributed by atoms with Crippen LogP contribution in [0.5, 0.6) is 0 Å². The number of amides is 3. The Balaban J connectivity index is 1.58. The highest BCUT2D eigenvalue weighted by atomic mass is 32.2. The van der Waals surface area contributed by atoms with Gasteiger partial charge in [-0.3, -0.25) is 14.4 Å². The van der Waals surface area contributed by atoms with Crippen molar-refractivity contribution in [1.29, 1.82) is 0 Å². The van der Waals surface area contributed by atoms with Crippen molar-refractivity contribution in [1.82, 2.24) is 10.0 Å². The third-order valence-electron chi connectivity index (χ3n) is 8.56. The number of hydrogen-bond donors (Lipinski definition) is 3. The normalized spacial score (nSPS) is 23.2. The number of hydrogen-bond acceptors (Lipinski definition) is 5. The Hall–Kier alpha value is -3.73. The molecule has 0 spiro atoms. The van der Waals surface area contributed by atoms with E-state index in [1.54, 1.807) is 12.2 Å². The summed E-state index contributed by atoms with van der Waals surface area (Å²) in [6.45, 7) is 1.06. The number of sulfonamides is 1. The number of nitrogens with zero attached hydrogens (tertiary/aromatic N) is 1. The van der Waals surface area contributed by atoms with Crippen molar-refractivity contribution in [2.24, 2.45) is 11.1 Å². The van der Waals surface area contributed by atoms with Crippen LogP contribution in [0.3, 0.4) is 0 Å². The Labute approximate surface area is 253 Å². The second-order valence-electron chi connectivity index (χ2n) is 11.2. The molecule has 4 N–H and O–H groups in total. The molecule has 0 bridgehead atoms. The first-order valence-corrected chi connectivity index (χ1v) is 15.2. The lowest BCUT2D eigenvalue weighted by atomic mass is 9.63. The van der Waals surface area contributed by atoms with E-state index in [-0.39, 0.29) is 30.6 Å². The standard InChI is InChI=1S/C28H29F7N4O5S/c1-15(16-2-4-17(29)5-3-16)26(23(36)40)11-8-18(9-12-26)38-45(43,44)19-6-7-22-20(14-19)21(37-24(41)27(30,31)32)10-13-39(22)25(42)28(33,34)35/h2-7,14-15,18,21,38H,8-13H2,1H3,(H2,36,40)(H,37,41)/t15-,18?,21?,26?/m1/s1. The van der Waals surface area contributed by atoms with Gasteiger partial charge < -0.3 is 16.0 Å². The van der Waals surface area contributed by atoms with E-state index >= 15 is 0 Å². The van der Waals surface area contributed by atoms with E-state index in [1.807, 2.05) is 0 Å². The molecule has 246 valence electrons. The number of fused-ring (bicyclic) bond motifs is 1. The zero-order valence-electron chi connectivity index (χ0n) is 23.6. The van der Waals surface area contributed by atoms with Gasteiger partial charge in [0.25, 0.3) is 0 Å². The third-order valence-corrected chi connectivity index (χ3v) is 10.1. The highest BCUT2D eigenvalue weighted by Crippen LogP contribution is 2.47. The second kappa shape index (κ2) is 12.2. The van der Waals surface area contributed by atoms with Crippen LogP contribution in [0.1, 0.15) is 62.1 Å². The van der Waals surface area contributed by atoms with Gasteiger partial charge in [-0.2, -0.15) is 26.3 Å². The van der Waals surface area contributed by atoms with E-state index in [4.69, 9.17) is 5.73 Å². The number of benzene rings is 2. The molecule has 0 radical (unpaired) electrons. The maximum absolute atomic E-state index is 13.4. The molecule has 2 aromatic rings. The molecule has 2 atom stereocenters. The van der Waals surface area contributed by atoms with Gasteiger partial charge in [-0.25, -0.2) is 17.5 Å². The fraction of sp³-hybridized carbons (Fsp3) is 0.464. The van der Waals surface area contributed by atoms with Crippen LogP contribution in [0.15, 0.2) is 47.4 Å². The Kier molecular flexibility index (Phi) is 9.28. The van der Waals surface area contributed by atoms with Crippen LogP contribution in [0, 0.1) is 11.2 Å². The maximum Gasteiger partial charge on any atom is 0.471 e. The SMILES string of the molecule is C[C@H](c1ccc(F)cc1)C1(C(N)=O)CCC(NS(=O)(=O)c2ccc3c(c2)C(NC(=O)C(F)(F)F)CCN3C(=O)C(F)(F)F)CC1. The maximum atomic E-state index is 13.4. The summed E-state index contributed by atoms with van der Waals surface area (Å²) in [6.07, 6.45) is -10.6. The third kappa shape index (κ3) is 7.08. The van der Waals surface area contributed by atoms with Crippen molar-refractivity contribution in [3.63, 3.8) is 0 Å². The molecular formula is C28H29F7N4O5S. The predicted molar refractivity (Wildman–Crippen MR) is 145 cm³/mol. The van der Waals surface area contributed by atoms with Crippen LogP contribution in [0.4, 0.5) is 36.4 Å². The number of carbonyl (C=O) groups excluding carboxylic acids is 3. The zero-order chi connectivity index (χ0) is 33.5. The van der Waals surface area contributed by atoms with Crippen LogP contribution in [0.2, 0.25) is 0 Å². The molecule has 1 aliphatic carbocycles. The summed E-state index contributed by atoms with van der Waals surface area (Å²) in [7, 11) is -4.44. The van der Waals surface area contributed by atoms with Gasteiger partial charge in [0.05, 0.1) is 16.4 Å². The molecule has 1 unspecified atom stereocenters. The summed E-state index contributed by atoms with van der Waals surface area (Å²) in [6, 6.07) is 5.87. The number of alkyl halides is 6. The Morgan fingerprint density at radius 1 is 0.956 bits per heavy atom. The van der Waals surface area contributed by atoms with Crippen molar-refractivity contribution >= 4 is 33.4 Å². The van der Waals surface area contributed by atoms with Gasteiger partial charge in [0.15, 0.2) is 0 Å². The Morgan fingerprint density at radius 2 is 1.56 bits per heavy atom. The Morgan fingerprint density at radius 3 is 2.09 bits per heavy atom. The van der Waals surface area contributed by atoms with Crippen LogP contribution < -0.4 is 20.7 Å². The minimum absolute atomic E-state index is 0.150. The summed E-state index contributed by atoms with van der Waals surface area (Å²) in [5, 5.41) is 1.66. The zero-order valence-corrected chi connectivity index (χ0v) is 24.5. The molecular weight excluding hydrogens is 637 g/mol. The van der Waals surface area contributed by atoms with Crippen molar-refractivity contribution < 1.29 is 53.5 Å². The summed E-state index contributed by atoms with van der Waals surface area (Å²) < 4.78 is 121. The van der Waals surface area contributed by atoms with Gasteiger partial charge in [0.2, 0.25) is 15.9 Å². The number of halogens is 7. The first-order chi connectivity index (χ1) is 20.8. The molecule has 1 saturated carbocycles. The molecule has 0 saturated heterocycles. The molecule has 1 fully saturated rings. The summed E-state index contributed by atoms with van der Waals surface area (Å²) in [4.78, 5) is 36.0. The van der Waals surface area contributed by atoms with Gasteiger partial charge >= 0.3 is 24.2 Å². The van der Waals surface area contributed by atoms with Crippen LogP contribution in [0.25, 0.3) is 0 Å². The monoisotopic (exact) mass is 666 g/mol. The predicted octanol–water partition coefficient (Wildman–Crippen LogP) is 4.34. The molecule has 17 heteroatoms. The average molecular weight is 667 g/mol. The number of rotatable bonds is 7. The molecule has 2 aromatic carbocycles. The van der Waals surface area contributed by atoms with Crippen LogP contribution in [-0.4, -0.2) is 51.1 Å². The van der Waals surface area contributed by atoms with Crippen molar-refractivity contribution in [3.8, 4) is 0 Å². The summed E-state index contributed by atoms with van der Waals surface area (Å²) >= 11 is 0. The lowest BCUT2D eigenvalue weighted by Gasteiger charge is -2.42. The van der Waals surface area contributed by atoms with E-state index in [2.05, 4.69) is 4.72 Å². The first kappa shape index (κ1) is 34.1. The van der Waals surface area contributed by atoms with Gasteiger partial charge in [-0.05, 0) is 79.5 Å². The minimum Gasteiger partial charge on any atom is -0.369 e. The topological polar surface area (TPSA) is 139 Å². The molecule has 45 heavy (non-hydrogen) atoms. The summed E-state index contributed by atoms with van der Waals surface area (Å²) in [5.74, 6) is -6.21. The molecule has 0 aromatic heterocycles. The largest absolute Gasteiger partial charge is 0.471 e. The van der Waals surface area contributed by atoms with E-state index in [1.165, 1.54) is 24.3 Å². The van der Waals surface area contributed by atoms with Gasteiger partial charge in [-0.15, -0.1) is 0 Å². The smallest absolute Gasteiger partial charge is 0.369 e. The average Bonchev–Trinajstić information content (AvgIpc) is 2.96. The second-order valence-corrected chi connectivity index (χ2v) is 12.9. The number of anilines is 1. The van der Waals surface area contributed by atoms with Gasteiger partial charge in [-0.1, -0.05) is 19.1 Å². The molecule has 3 amide bonds. The fourth-order valence-corrected chi connectivity index (χ4v) is 7.35. The van der Waals surface area contributed by atoms with E-state index in [0.717, 1.165) is 18.2 Å².